The number of carboxylic acids is 1. The molecule has 4 rings (SSSR count). The van der Waals surface area contributed by atoms with Crippen molar-refractivity contribution in [3.63, 3.8) is 0 Å². The summed E-state index contributed by atoms with van der Waals surface area (Å²) in [4.78, 5) is 29.0. The lowest BCUT2D eigenvalue weighted by atomic mass is 10.0. The van der Waals surface area contributed by atoms with Gasteiger partial charge in [0, 0.05) is 49.1 Å². The molecular formula is C25H28ClN3O3. The number of amides is 1. The van der Waals surface area contributed by atoms with Crippen LogP contribution in [0.25, 0.3) is 22.2 Å². The van der Waals surface area contributed by atoms with Crippen molar-refractivity contribution in [3.05, 3.63) is 64.7 Å². The second-order valence-corrected chi connectivity index (χ2v) is 8.13. The molecule has 1 saturated heterocycles. The Labute approximate surface area is 193 Å². The third-order valence-electron chi connectivity index (χ3n) is 5.30. The van der Waals surface area contributed by atoms with E-state index in [0.29, 0.717) is 17.0 Å². The van der Waals surface area contributed by atoms with Crippen molar-refractivity contribution in [3.8, 4) is 11.3 Å². The summed E-state index contributed by atoms with van der Waals surface area (Å²) in [5.41, 5.74) is 4.42. The lowest BCUT2D eigenvalue weighted by Gasteiger charge is -2.27. The average Bonchev–Trinajstić information content (AvgIpc) is 2.79. The molecule has 1 aliphatic heterocycles. The van der Waals surface area contributed by atoms with Crippen molar-refractivity contribution >= 4 is 34.4 Å². The van der Waals surface area contributed by atoms with E-state index < -0.39 is 5.97 Å². The topological polar surface area (TPSA) is 82.5 Å². The summed E-state index contributed by atoms with van der Waals surface area (Å²) in [5.74, 6) is -0.662. The predicted octanol–water partition coefficient (Wildman–Crippen LogP) is 4.78. The minimum Gasteiger partial charge on any atom is -0.481 e. The summed E-state index contributed by atoms with van der Waals surface area (Å²) in [7, 11) is 0. The van der Waals surface area contributed by atoms with Gasteiger partial charge in [-0.25, -0.2) is 4.98 Å². The predicted molar refractivity (Wildman–Crippen MR) is 128 cm³/mol. The van der Waals surface area contributed by atoms with Crippen LogP contribution in [0.3, 0.4) is 0 Å². The van der Waals surface area contributed by atoms with E-state index in [1.54, 1.807) is 0 Å². The van der Waals surface area contributed by atoms with Crippen molar-refractivity contribution in [1.82, 2.24) is 15.2 Å². The number of piperazine rings is 1. The van der Waals surface area contributed by atoms with Gasteiger partial charge in [-0.15, -0.1) is 0 Å². The van der Waals surface area contributed by atoms with Gasteiger partial charge in [0.25, 0.3) is 5.91 Å². The summed E-state index contributed by atoms with van der Waals surface area (Å²) in [6.45, 7) is 7.03. The SMILES string of the molecule is CCCC(=O)O.Cc1ccccc1-c1cc(Cl)c2ccc(C(=O)N3CCNCC3)cc2n1. The maximum absolute atomic E-state index is 12.8. The molecule has 0 aliphatic carbocycles. The van der Waals surface area contributed by atoms with Crippen molar-refractivity contribution in [2.45, 2.75) is 26.7 Å². The number of carbonyl (C=O) groups excluding carboxylic acids is 1. The summed E-state index contributed by atoms with van der Waals surface area (Å²) in [6.07, 6.45) is 1.02. The van der Waals surface area contributed by atoms with Gasteiger partial charge in [0.2, 0.25) is 0 Å². The molecular weight excluding hydrogens is 426 g/mol. The quantitative estimate of drug-likeness (QED) is 0.594. The monoisotopic (exact) mass is 453 g/mol. The number of nitrogens with zero attached hydrogens (tertiary/aromatic N) is 2. The fourth-order valence-electron chi connectivity index (χ4n) is 3.58. The Morgan fingerprint density at radius 3 is 2.47 bits per heavy atom. The van der Waals surface area contributed by atoms with Crippen LogP contribution in [0.15, 0.2) is 48.5 Å². The smallest absolute Gasteiger partial charge is 0.303 e. The highest BCUT2D eigenvalue weighted by molar-refractivity contribution is 6.35. The molecule has 168 valence electrons. The van der Waals surface area contributed by atoms with Crippen molar-refractivity contribution in [1.29, 1.82) is 0 Å². The second-order valence-electron chi connectivity index (χ2n) is 7.72. The van der Waals surface area contributed by atoms with Crippen molar-refractivity contribution in [2.24, 2.45) is 0 Å². The van der Waals surface area contributed by atoms with Crippen LogP contribution in [0.5, 0.6) is 0 Å². The zero-order chi connectivity index (χ0) is 23.1. The van der Waals surface area contributed by atoms with E-state index in [9.17, 15) is 9.59 Å². The van der Waals surface area contributed by atoms with Crippen LogP contribution in [-0.4, -0.2) is 53.0 Å². The first-order valence-electron chi connectivity index (χ1n) is 10.8. The van der Waals surface area contributed by atoms with Crippen molar-refractivity contribution in [2.75, 3.05) is 26.2 Å². The summed E-state index contributed by atoms with van der Waals surface area (Å²) in [6, 6.07) is 15.6. The molecule has 2 heterocycles. The molecule has 1 aromatic heterocycles. The molecule has 32 heavy (non-hydrogen) atoms. The summed E-state index contributed by atoms with van der Waals surface area (Å²) in [5, 5.41) is 12.7. The Kier molecular flexibility index (Phi) is 8.20. The molecule has 0 atom stereocenters. The van der Waals surface area contributed by atoms with E-state index in [0.717, 1.165) is 60.3 Å². The molecule has 1 amide bonds. The van der Waals surface area contributed by atoms with Crippen LogP contribution in [0.2, 0.25) is 5.02 Å². The minimum atomic E-state index is -0.711. The van der Waals surface area contributed by atoms with E-state index in [2.05, 4.69) is 18.3 Å². The Morgan fingerprint density at radius 2 is 1.84 bits per heavy atom. The minimum absolute atomic E-state index is 0.0487. The zero-order valence-electron chi connectivity index (χ0n) is 18.4. The molecule has 0 unspecified atom stereocenters. The standard InChI is InChI=1S/C21H20ClN3O.C4H8O2/c1-14-4-2-3-5-16(14)20-13-18(22)17-7-6-15(12-19(17)24-20)21(26)25-10-8-23-9-11-25;1-2-3-4(5)6/h2-7,12-13,23H,8-11H2,1H3;2-3H2,1H3,(H,5,6). The first-order valence-corrected chi connectivity index (χ1v) is 11.2. The van der Waals surface area contributed by atoms with Gasteiger partial charge in [-0.3, -0.25) is 9.59 Å². The van der Waals surface area contributed by atoms with Crippen LogP contribution in [-0.2, 0) is 4.79 Å². The Hall–Kier alpha value is -2.96. The number of hydrogen-bond donors (Lipinski definition) is 2. The third-order valence-corrected chi connectivity index (χ3v) is 5.61. The van der Waals surface area contributed by atoms with Gasteiger partial charge in [0.15, 0.2) is 0 Å². The van der Waals surface area contributed by atoms with Gasteiger partial charge >= 0.3 is 5.97 Å². The average molecular weight is 454 g/mol. The number of aromatic nitrogens is 1. The van der Waals surface area contributed by atoms with Crippen LogP contribution in [0.1, 0.15) is 35.7 Å². The second kappa shape index (κ2) is 11.1. The molecule has 1 fully saturated rings. The fraction of sp³-hybridized carbons (Fsp3) is 0.320. The zero-order valence-corrected chi connectivity index (χ0v) is 19.2. The van der Waals surface area contributed by atoms with Gasteiger partial charge in [-0.1, -0.05) is 48.9 Å². The molecule has 2 N–H and O–H groups in total. The fourth-order valence-corrected chi connectivity index (χ4v) is 3.84. The summed E-state index contributed by atoms with van der Waals surface area (Å²) < 4.78 is 0. The molecule has 2 aromatic carbocycles. The van der Waals surface area contributed by atoms with E-state index in [1.807, 2.05) is 54.3 Å². The number of benzene rings is 2. The van der Waals surface area contributed by atoms with E-state index in [1.165, 1.54) is 0 Å². The number of aliphatic carboxylic acids is 1. The van der Waals surface area contributed by atoms with Gasteiger partial charge in [0.05, 0.1) is 16.2 Å². The Morgan fingerprint density at radius 1 is 1.12 bits per heavy atom. The first kappa shape index (κ1) is 23.7. The van der Waals surface area contributed by atoms with E-state index >= 15 is 0 Å². The highest BCUT2D eigenvalue weighted by Crippen LogP contribution is 2.30. The van der Waals surface area contributed by atoms with E-state index in [-0.39, 0.29) is 5.91 Å². The van der Waals surface area contributed by atoms with Crippen molar-refractivity contribution < 1.29 is 14.7 Å². The van der Waals surface area contributed by atoms with Crippen LogP contribution >= 0.6 is 11.6 Å². The third kappa shape index (κ3) is 5.84. The highest BCUT2D eigenvalue weighted by atomic mass is 35.5. The number of halogens is 1. The molecule has 6 nitrogen and oxygen atoms in total. The number of carboxylic acid groups (broad SMARTS) is 1. The Balaban J connectivity index is 0.000000427. The van der Waals surface area contributed by atoms with Crippen LogP contribution in [0, 0.1) is 6.92 Å². The summed E-state index contributed by atoms with van der Waals surface area (Å²) >= 11 is 6.50. The number of hydrogen-bond acceptors (Lipinski definition) is 4. The first-order chi connectivity index (χ1) is 15.4. The van der Waals surface area contributed by atoms with Gasteiger partial charge in [-0.05, 0) is 37.1 Å². The largest absolute Gasteiger partial charge is 0.481 e. The molecule has 1 aliphatic rings. The number of aryl methyl sites for hydroxylation is 1. The normalized spacial score (nSPS) is 13.4. The van der Waals surface area contributed by atoms with Gasteiger partial charge in [-0.2, -0.15) is 0 Å². The van der Waals surface area contributed by atoms with E-state index in [4.69, 9.17) is 21.7 Å². The highest BCUT2D eigenvalue weighted by Gasteiger charge is 2.19. The maximum Gasteiger partial charge on any atom is 0.303 e. The molecule has 3 aromatic rings. The number of pyridine rings is 1. The number of nitrogens with one attached hydrogen (secondary N) is 1. The lowest BCUT2D eigenvalue weighted by Crippen LogP contribution is -2.46. The lowest BCUT2D eigenvalue weighted by molar-refractivity contribution is -0.137. The molecule has 7 heteroatoms. The maximum atomic E-state index is 12.8. The van der Waals surface area contributed by atoms with Gasteiger partial charge < -0.3 is 15.3 Å². The van der Waals surface area contributed by atoms with Gasteiger partial charge in [0.1, 0.15) is 0 Å². The number of fused-ring (bicyclic) bond motifs is 1. The van der Waals surface area contributed by atoms with Crippen LogP contribution in [0.4, 0.5) is 0 Å². The molecule has 0 bridgehead atoms. The number of carbonyl (C=O) groups is 2. The Bertz CT molecular complexity index is 1110. The molecule has 0 radical (unpaired) electrons. The van der Waals surface area contributed by atoms with Crippen LogP contribution < -0.4 is 5.32 Å². The molecule has 0 spiro atoms. The molecule has 0 saturated carbocycles. The number of rotatable bonds is 4.